The summed E-state index contributed by atoms with van der Waals surface area (Å²) < 4.78 is 2.46. The molecule has 3 aromatic carbocycles. The third-order valence-corrected chi connectivity index (χ3v) is 10.1. The van der Waals surface area contributed by atoms with Crippen molar-refractivity contribution >= 4 is 28.2 Å². The molecule has 1 amide bonds. The van der Waals surface area contributed by atoms with Gasteiger partial charge in [0.1, 0.15) is 17.2 Å². The van der Waals surface area contributed by atoms with E-state index in [-0.39, 0.29) is 23.1 Å². The van der Waals surface area contributed by atoms with E-state index in [2.05, 4.69) is 102 Å². The van der Waals surface area contributed by atoms with Gasteiger partial charge in [-0.1, -0.05) is 85.2 Å². The van der Waals surface area contributed by atoms with Gasteiger partial charge in [0.15, 0.2) is 0 Å². The molecule has 1 aromatic heterocycles. The number of aryl methyl sites for hydroxylation is 2. The maximum absolute atomic E-state index is 13.0. The summed E-state index contributed by atoms with van der Waals surface area (Å²) in [5.74, 6) is 0.383. The number of phenolic OH excluding ortho intramolecular Hbond substituents is 2. The van der Waals surface area contributed by atoms with Crippen LogP contribution in [0.5, 0.6) is 11.5 Å². The summed E-state index contributed by atoms with van der Waals surface area (Å²) in [4.78, 5) is 16.9. The molecule has 0 saturated heterocycles. The van der Waals surface area contributed by atoms with Crippen molar-refractivity contribution in [2.24, 2.45) is 11.8 Å². The zero-order valence-corrected chi connectivity index (χ0v) is 33.3. The quantitative estimate of drug-likeness (QED) is 0.102. The fraction of sp³-hybridized carbons (Fsp3) is 0.444. The third kappa shape index (κ3) is 11.5. The minimum atomic E-state index is -0.327. The summed E-state index contributed by atoms with van der Waals surface area (Å²) in [6, 6.07) is 17.1. The van der Waals surface area contributed by atoms with Gasteiger partial charge in [-0.25, -0.2) is 0 Å². The molecule has 0 radical (unpaired) electrons. The van der Waals surface area contributed by atoms with Crippen molar-refractivity contribution < 1.29 is 15.0 Å². The average Bonchev–Trinajstić information content (AvgIpc) is 3.36. The van der Waals surface area contributed by atoms with Gasteiger partial charge in [-0.05, 0) is 112 Å². The first-order valence-corrected chi connectivity index (χ1v) is 19.2. The molecule has 1 heterocycles. The van der Waals surface area contributed by atoms with Crippen molar-refractivity contribution in [3.8, 4) is 11.5 Å². The molecule has 0 aliphatic carbocycles. The highest BCUT2D eigenvalue weighted by molar-refractivity contribution is 6.04. The fourth-order valence-electron chi connectivity index (χ4n) is 6.28. The van der Waals surface area contributed by atoms with Crippen LogP contribution in [0.1, 0.15) is 106 Å². The van der Waals surface area contributed by atoms with Crippen LogP contribution in [0.3, 0.4) is 0 Å². The number of anilines is 2. The molecule has 282 valence electrons. The first kappa shape index (κ1) is 41.9. The zero-order chi connectivity index (χ0) is 38.4. The second kappa shape index (κ2) is 20.5. The molecule has 0 aliphatic rings. The lowest BCUT2D eigenvalue weighted by Gasteiger charge is -2.20. The number of hydrogen-bond donors (Lipinski definition) is 3. The summed E-state index contributed by atoms with van der Waals surface area (Å²) in [6.07, 6.45) is 11.9. The van der Waals surface area contributed by atoms with Gasteiger partial charge in [-0.2, -0.15) is 0 Å². The van der Waals surface area contributed by atoms with Crippen LogP contribution in [-0.2, 0) is 13.0 Å². The highest BCUT2D eigenvalue weighted by Gasteiger charge is 2.17. The van der Waals surface area contributed by atoms with E-state index in [1.54, 1.807) is 23.2 Å². The fourth-order valence-corrected chi connectivity index (χ4v) is 6.28. The Morgan fingerprint density at radius 3 is 2.08 bits per heavy atom. The van der Waals surface area contributed by atoms with Gasteiger partial charge in [0.25, 0.3) is 5.91 Å². The smallest absolute Gasteiger partial charge is 0.255 e. The molecule has 3 N–H and O–H groups in total. The molecular weight excluding hydrogens is 645 g/mol. The molecule has 0 fully saturated rings. The van der Waals surface area contributed by atoms with Crippen molar-refractivity contribution in [2.45, 2.75) is 100 Å². The second-order valence-corrected chi connectivity index (χ2v) is 14.3. The predicted molar refractivity (Wildman–Crippen MR) is 222 cm³/mol. The van der Waals surface area contributed by atoms with Crippen LogP contribution in [0.15, 0.2) is 79.7 Å². The molecular formula is C45H64N4O3. The standard InChI is InChI=1S/C38H47N3O3.C7H17N/c1-8-25(4)17-19-40(10-3)37-35(42)23-32(24-36(37)43)39-38(44)31-14-11-29(12-15-31)21-30-13-16-34-33(22-30)27(6)28(7)41(34)20-18-26(5)9-2;1-4-6-8(3)7-5-2/h10-17,19,22-26,42-43H,3,8-9,18,20-21H2,1-2,4-7H3,(H,39,44);4-7H2,1-3H3/b19-17-;. The topological polar surface area (TPSA) is 81.0 Å². The first-order valence-electron chi connectivity index (χ1n) is 19.2. The number of nitrogens with one attached hydrogen (secondary N) is 1. The van der Waals surface area contributed by atoms with Gasteiger partial charge in [0.2, 0.25) is 0 Å². The van der Waals surface area contributed by atoms with Gasteiger partial charge in [0.05, 0.1) is 0 Å². The molecule has 2 unspecified atom stereocenters. The number of carbonyl (C=O) groups is 1. The van der Waals surface area contributed by atoms with Gasteiger partial charge in [-0.3, -0.25) is 4.79 Å². The van der Waals surface area contributed by atoms with Crippen LogP contribution < -0.4 is 10.2 Å². The SMILES string of the molecule is C=CN(/C=C\C(C)CC)c1c(O)cc(NC(=O)c2ccc(Cc3ccc4c(c3)c(C)c(C)n4CCC(C)CC)cc2)cc1O.CCCN(C)CCC. The Morgan fingerprint density at radius 1 is 0.904 bits per heavy atom. The number of fused-ring (bicyclic) bond motifs is 1. The average molecular weight is 709 g/mol. The van der Waals surface area contributed by atoms with Crippen LogP contribution in [-0.4, -0.2) is 45.7 Å². The number of rotatable bonds is 17. The largest absolute Gasteiger partial charge is 0.506 e. The highest BCUT2D eigenvalue weighted by Crippen LogP contribution is 2.40. The molecule has 4 aromatic rings. The van der Waals surface area contributed by atoms with Crippen LogP contribution in [0.25, 0.3) is 10.9 Å². The second-order valence-electron chi connectivity index (χ2n) is 14.3. The first-order chi connectivity index (χ1) is 24.9. The Labute approximate surface area is 313 Å². The summed E-state index contributed by atoms with van der Waals surface area (Å²) in [5, 5.41) is 25.4. The van der Waals surface area contributed by atoms with Gasteiger partial charge in [-0.15, -0.1) is 0 Å². The van der Waals surface area contributed by atoms with E-state index in [1.807, 2.05) is 18.2 Å². The Balaban J connectivity index is 0.000000815. The lowest BCUT2D eigenvalue weighted by molar-refractivity contribution is 0.102. The Hall–Kier alpha value is -4.49. The Kier molecular flexibility index (Phi) is 16.5. The van der Waals surface area contributed by atoms with Crippen molar-refractivity contribution in [3.05, 3.63) is 108 Å². The Bertz CT molecular complexity index is 1740. The Morgan fingerprint density at radius 2 is 1.52 bits per heavy atom. The van der Waals surface area contributed by atoms with E-state index < -0.39 is 0 Å². The summed E-state index contributed by atoms with van der Waals surface area (Å²) in [6.45, 7) is 24.9. The van der Waals surface area contributed by atoms with E-state index in [1.165, 1.54) is 84.8 Å². The van der Waals surface area contributed by atoms with Crippen molar-refractivity contribution in [1.82, 2.24) is 9.47 Å². The number of phenols is 2. The zero-order valence-electron chi connectivity index (χ0n) is 33.3. The van der Waals surface area contributed by atoms with Crippen LogP contribution >= 0.6 is 0 Å². The third-order valence-electron chi connectivity index (χ3n) is 10.1. The van der Waals surface area contributed by atoms with Gasteiger partial charge in [0, 0.05) is 58.9 Å². The number of aromatic hydroxyl groups is 2. The number of allylic oxidation sites excluding steroid dienone is 1. The van der Waals surface area contributed by atoms with E-state index in [0.717, 1.165) is 24.9 Å². The van der Waals surface area contributed by atoms with Crippen molar-refractivity contribution in [1.29, 1.82) is 0 Å². The van der Waals surface area contributed by atoms with Crippen LogP contribution in [0.2, 0.25) is 0 Å². The monoisotopic (exact) mass is 708 g/mol. The molecule has 2 atom stereocenters. The molecule has 52 heavy (non-hydrogen) atoms. The lowest BCUT2D eigenvalue weighted by Crippen LogP contribution is -2.19. The normalized spacial score (nSPS) is 12.5. The predicted octanol–water partition coefficient (Wildman–Crippen LogP) is 11.2. The highest BCUT2D eigenvalue weighted by atomic mass is 16.3. The number of nitrogens with zero attached hydrogens (tertiary/aromatic N) is 3. The molecule has 0 bridgehead atoms. The molecule has 0 spiro atoms. The summed E-state index contributed by atoms with van der Waals surface area (Å²) in [5.41, 5.74) is 7.30. The number of hydrogen-bond acceptors (Lipinski definition) is 5. The number of amides is 1. The molecule has 7 nitrogen and oxygen atoms in total. The van der Waals surface area contributed by atoms with E-state index in [9.17, 15) is 15.0 Å². The number of benzene rings is 3. The molecule has 7 heteroatoms. The summed E-state index contributed by atoms with van der Waals surface area (Å²) in [7, 11) is 2.17. The maximum Gasteiger partial charge on any atom is 0.255 e. The van der Waals surface area contributed by atoms with Crippen molar-refractivity contribution in [2.75, 3.05) is 30.4 Å². The molecule has 0 aliphatic heterocycles. The molecule has 0 saturated carbocycles. The van der Waals surface area contributed by atoms with Gasteiger partial charge >= 0.3 is 0 Å². The molecule has 4 rings (SSSR count). The van der Waals surface area contributed by atoms with E-state index in [4.69, 9.17) is 0 Å². The maximum atomic E-state index is 13.0. The lowest BCUT2D eigenvalue weighted by atomic mass is 10.0. The van der Waals surface area contributed by atoms with E-state index in [0.29, 0.717) is 23.1 Å². The van der Waals surface area contributed by atoms with E-state index >= 15 is 0 Å². The van der Waals surface area contributed by atoms with Gasteiger partial charge < -0.3 is 29.9 Å². The minimum absolute atomic E-state index is 0.169. The minimum Gasteiger partial charge on any atom is -0.506 e. The van der Waals surface area contributed by atoms with Crippen LogP contribution in [0, 0.1) is 25.7 Å². The van der Waals surface area contributed by atoms with Crippen molar-refractivity contribution in [3.63, 3.8) is 0 Å². The summed E-state index contributed by atoms with van der Waals surface area (Å²) >= 11 is 0. The number of carbonyl (C=O) groups excluding carboxylic acids is 1. The van der Waals surface area contributed by atoms with Crippen LogP contribution in [0.4, 0.5) is 11.4 Å². The number of aromatic nitrogens is 1.